The highest BCUT2D eigenvalue weighted by atomic mass is 16.5. The molecule has 1 heterocycles. The minimum absolute atomic E-state index is 0.274. The first-order chi connectivity index (χ1) is 6.63. The topological polar surface area (TPSA) is 29.5 Å². The van der Waals surface area contributed by atoms with Crippen LogP contribution in [0.15, 0.2) is 0 Å². The molecule has 0 N–H and O–H groups in total. The summed E-state index contributed by atoms with van der Waals surface area (Å²) in [5.74, 6) is 0.401. The highest BCUT2D eigenvalue weighted by Gasteiger charge is 2.24. The predicted octanol–water partition coefficient (Wildman–Crippen LogP) is 1.46. The Kier molecular flexibility index (Phi) is 4.55. The van der Waals surface area contributed by atoms with Crippen molar-refractivity contribution in [1.29, 1.82) is 0 Å². The third-order valence-corrected chi connectivity index (χ3v) is 2.77. The van der Waals surface area contributed by atoms with E-state index in [1.54, 1.807) is 0 Å². The summed E-state index contributed by atoms with van der Waals surface area (Å²) in [5.41, 5.74) is 0. The average Bonchev–Trinajstić information content (AvgIpc) is 2.10. The second-order valence-electron chi connectivity index (χ2n) is 4.10. The summed E-state index contributed by atoms with van der Waals surface area (Å²) in [4.78, 5) is 13.5. The first kappa shape index (κ1) is 11.7. The largest absolute Gasteiger partial charge is 0.377 e. The second kappa shape index (κ2) is 5.47. The summed E-state index contributed by atoms with van der Waals surface area (Å²) in [6.07, 6.45) is 1.69. The quantitative estimate of drug-likeness (QED) is 0.686. The second-order valence-corrected chi connectivity index (χ2v) is 4.10. The molecule has 0 saturated carbocycles. The minimum Gasteiger partial charge on any atom is -0.377 e. The van der Waals surface area contributed by atoms with Crippen molar-refractivity contribution in [2.75, 3.05) is 19.7 Å². The van der Waals surface area contributed by atoms with Crippen LogP contribution in [-0.2, 0) is 9.53 Å². The number of rotatable bonds is 4. The van der Waals surface area contributed by atoms with Crippen molar-refractivity contribution in [1.82, 2.24) is 4.90 Å². The first-order valence-electron chi connectivity index (χ1n) is 5.50. The number of ketones is 1. The van der Waals surface area contributed by atoms with Gasteiger partial charge in [0.15, 0.2) is 0 Å². The summed E-state index contributed by atoms with van der Waals surface area (Å²) >= 11 is 0. The van der Waals surface area contributed by atoms with Gasteiger partial charge >= 0.3 is 0 Å². The van der Waals surface area contributed by atoms with Crippen molar-refractivity contribution in [3.05, 3.63) is 0 Å². The molecule has 14 heavy (non-hydrogen) atoms. The molecule has 2 unspecified atom stereocenters. The van der Waals surface area contributed by atoms with Crippen LogP contribution in [0.1, 0.15) is 33.6 Å². The highest BCUT2D eigenvalue weighted by molar-refractivity contribution is 5.79. The zero-order valence-corrected chi connectivity index (χ0v) is 9.45. The van der Waals surface area contributed by atoms with Crippen LogP contribution in [0.2, 0.25) is 0 Å². The van der Waals surface area contributed by atoms with Gasteiger partial charge in [0.05, 0.1) is 6.10 Å². The van der Waals surface area contributed by atoms with Crippen LogP contribution in [0.3, 0.4) is 0 Å². The molecule has 1 saturated heterocycles. The number of likely N-dealkylation sites (tertiary alicyclic amines) is 1. The molecule has 0 aromatic heterocycles. The van der Waals surface area contributed by atoms with E-state index in [1.165, 1.54) is 0 Å². The third-order valence-electron chi connectivity index (χ3n) is 2.77. The number of nitrogens with zero attached hydrogens (tertiary/aromatic N) is 1. The van der Waals surface area contributed by atoms with Gasteiger partial charge in [0.2, 0.25) is 0 Å². The fourth-order valence-corrected chi connectivity index (χ4v) is 1.99. The lowest BCUT2D eigenvalue weighted by Gasteiger charge is -2.34. The van der Waals surface area contributed by atoms with Crippen molar-refractivity contribution in [2.24, 2.45) is 0 Å². The van der Waals surface area contributed by atoms with Gasteiger partial charge in [-0.25, -0.2) is 0 Å². The van der Waals surface area contributed by atoms with Gasteiger partial charge in [0.1, 0.15) is 5.78 Å². The van der Waals surface area contributed by atoms with Crippen LogP contribution in [0.4, 0.5) is 0 Å². The Morgan fingerprint density at radius 1 is 1.64 bits per heavy atom. The number of Topliss-reactive ketones (excluding diaryl/α,β-unsaturated/α-hetero) is 1. The molecular weight excluding hydrogens is 178 g/mol. The predicted molar refractivity (Wildman–Crippen MR) is 56.4 cm³/mol. The van der Waals surface area contributed by atoms with E-state index in [0.29, 0.717) is 24.7 Å². The lowest BCUT2D eigenvalue weighted by atomic mass is 10.0. The average molecular weight is 199 g/mol. The molecule has 0 radical (unpaired) electrons. The molecule has 0 amide bonds. The number of carbonyl (C=O) groups is 1. The molecule has 1 aliphatic rings. The maximum absolute atomic E-state index is 11.2. The number of piperidine rings is 1. The van der Waals surface area contributed by atoms with Crippen LogP contribution < -0.4 is 0 Å². The van der Waals surface area contributed by atoms with Gasteiger partial charge < -0.3 is 4.74 Å². The van der Waals surface area contributed by atoms with E-state index < -0.39 is 0 Å². The van der Waals surface area contributed by atoms with E-state index in [-0.39, 0.29) is 6.10 Å². The molecule has 0 aromatic rings. The molecular formula is C11H21NO2. The number of ether oxygens (including phenoxy) is 1. The fraction of sp³-hybridized carbons (Fsp3) is 0.909. The Bertz CT molecular complexity index is 194. The normalized spacial score (nSPS) is 26.5. The maximum atomic E-state index is 11.2. The van der Waals surface area contributed by atoms with Gasteiger partial charge in [-0.3, -0.25) is 9.69 Å². The van der Waals surface area contributed by atoms with Gasteiger partial charge in [0.25, 0.3) is 0 Å². The Morgan fingerprint density at radius 2 is 2.36 bits per heavy atom. The molecule has 0 aromatic carbocycles. The SMILES string of the molecule is CCOC(C)CN1CCC(=O)CC1C. The Labute approximate surface area is 86.4 Å². The monoisotopic (exact) mass is 199 g/mol. The zero-order chi connectivity index (χ0) is 10.6. The van der Waals surface area contributed by atoms with Crippen molar-refractivity contribution in [3.8, 4) is 0 Å². The number of hydrogen-bond acceptors (Lipinski definition) is 3. The molecule has 1 rings (SSSR count). The Hall–Kier alpha value is -0.410. The van der Waals surface area contributed by atoms with Crippen LogP contribution in [0, 0.1) is 0 Å². The molecule has 3 heteroatoms. The zero-order valence-electron chi connectivity index (χ0n) is 9.45. The molecule has 82 valence electrons. The highest BCUT2D eigenvalue weighted by Crippen LogP contribution is 2.14. The summed E-state index contributed by atoms with van der Waals surface area (Å²) in [6.45, 7) is 8.84. The summed E-state index contributed by atoms with van der Waals surface area (Å²) in [5, 5.41) is 0. The van der Waals surface area contributed by atoms with Crippen molar-refractivity contribution in [2.45, 2.75) is 45.8 Å². The van der Waals surface area contributed by atoms with Crippen LogP contribution >= 0.6 is 0 Å². The molecule has 2 atom stereocenters. The Morgan fingerprint density at radius 3 is 2.93 bits per heavy atom. The lowest BCUT2D eigenvalue weighted by Crippen LogP contribution is -2.44. The lowest BCUT2D eigenvalue weighted by molar-refractivity contribution is -0.123. The van der Waals surface area contributed by atoms with Gasteiger partial charge in [-0.1, -0.05) is 0 Å². The molecule has 1 aliphatic heterocycles. The van der Waals surface area contributed by atoms with E-state index in [1.807, 2.05) is 6.92 Å². The van der Waals surface area contributed by atoms with E-state index >= 15 is 0 Å². The summed E-state index contributed by atoms with van der Waals surface area (Å²) in [7, 11) is 0. The molecule has 0 bridgehead atoms. The van der Waals surface area contributed by atoms with Crippen molar-refractivity contribution < 1.29 is 9.53 Å². The summed E-state index contributed by atoms with van der Waals surface area (Å²) < 4.78 is 5.49. The van der Waals surface area contributed by atoms with Crippen molar-refractivity contribution in [3.63, 3.8) is 0 Å². The van der Waals surface area contributed by atoms with E-state index in [0.717, 1.165) is 19.7 Å². The minimum atomic E-state index is 0.274. The molecule has 1 fully saturated rings. The van der Waals surface area contributed by atoms with Crippen molar-refractivity contribution >= 4 is 5.78 Å². The van der Waals surface area contributed by atoms with E-state index in [4.69, 9.17) is 4.74 Å². The van der Waals surface area contributed by atoms with Crippen LogP contribution in [-0.4, -0.2) is 42.5 Å². The maximum Gasteiger partial charge on any atom is 0.135 e. The third kappa shape index (κ3) is 3.39. The first-order valence-corrected chi connectivity index (χ1v) is 5.50. The van der Waals surface area contributed by atoms with Crippen LogP contribution in [0.5, 0.6) is 0 Å². The van der Waals surface area contributed by atoms with E-state index in [2.05, 4.69) is 18.7 Å². The smallest absolute Gasteiger partial charge is 0.135 e. The summed E-state index contributed by atoms with van der Waals surface area (Å²) in [6, 6.07) is 0.388. The standard InChI is InChI=1S/C11H21NO2/c1-4-14-10(3)8-12-6-5-11(13)7-9(12)2/h9-10H,4-8H2,1-3H3. The fourth-order valence-electron chi connectivity index (χ4n) is 1.99. The van der Waals surface area contributed by atoms with E-state index in [9.17, 15) is 4.79 Å². The molecule has 0 spiro atoms. The van der Waals surface area contributed by atoms with Gasteiger partial charge in [-0.05, 0) is 20.8 Å². The van der Waals surface area contributed by atoms with Gasteiger partial charge in [0, 0.05) is 38.6 Å². The van der Waals surface area contributed by atoms with Gasteiger partial charge in [-0.2, -0.15) is 0 Å². The van der Waals surface area contributed by atoms with Crippen LogP contribution in [0.25, 0.3) is 0 Å². The molecule has 0 aliphatic carbocycles. The molecule has 3 nitrogen and oxygen atoms in total. The number of carbonyl (C=O) groups excluding carboxylic acids is 1. The van der Waals surface area contributed by atoms with Gasteiger partial charge in [-0.15, -0.1) is 0 Å². The number of hydrogen-bond donors (Lipinski definition) is 0. The Balaban J connectivity index is 2.33.